The zero-order valence-corrected chi connectivity index (χ0v) is 33.3. The molecular formula is C52H46O8. The second-order valence-corrected chi connectivity index (χ2v) is 16.8. The molecule has 0 amide bonds. The lowest BCUT2D eigenvalue weighted by Crippen LogP contribution is -2.70. The molecule has 8 heteroatoms. The smallest absolute Gasteiger partial charge is 0.344 e. The number of fused-ring (bicyclic) bond motifs is 1. The molecule has 2 atom stereocenters. The Morgan fingerprint density at radius 3 is 1.40 bits per heavy atom. The van der Waals surface area contributed by atoms with Gasteiger partial charge in [0.05, 0.1) is 13.2 Å². The highest BCUT2D eigenvalue weighted by molar-refractivity contribution is 5.93. The summed E-state index contributed by atoms with van der Waals surface area (Å²) in [6, 6.07) is 50.9. The van der Waals surface area contributed by atoms with Crippen molar-refractivity contribution in [1.29, 1.82) is 0 Å². The summed E-state index contributed by atoms with van der Waals surface area (Å²) in [6.45, 7) is 0.424. The van der Waals surface area contributed by atoms with Crippen LogP contribution in [0.15, 0.2) is 158 Å². The fourth-order valence-electron chi connectivity index (χ4n) is 11.3. The molecule has 4 aliphatic carbocycles. The Morgan fingerprint density at radius 2 is 0.917 bits per heavy atom. The molecule has 6 aromatic carbocycles. The summed E-state index contributed by atoms with van der Waals surface area (Å²) in [5.74, 6) is 2.71. The van der Waals surface area contributed by atoms with Crippen molar-refractivity contribution in [2.45, 2.75) is 56.1 Å². The normalized spacial score (nSPS) is 24.1. The Labute approximate surface area is 350 Å². The molecule has 2 unspecified atom stereocenters. The quantitative estimate of drug-likeness (QED) is 0.0543. The SMILES string of the molecule is O=C(OCOCc1ccccc1)c1ccccc1Oc1ccc(C23CC4CC5(c6ccc(Oc7ccccc7C(=O)OCOCc7ccccc7)cc6)CC(C2)C45C3)cc1. The Morgan fingerprint density at radius 1 is 0.483 bits per heavy atom. The van der Waals surface area contributed by atoms with Crippen molar-refractivity contribution >= 4 is 11.9 Å². The van der Waals surface area contributed by atoms with E-state index in [9.17, 15) is 9.59 Å². The zero-order chi connectivity index (χ0) is 40.6. The molecular weight excluding hydrogens is 753 g/mol. The minimum Gasteiger partial charge on any atom is -0.456 e. The van der Waals surface area contributed by atoms with Crippen LogP contribution in [0.3, 0.4) is 0 Å². The highest BCUT2D eigenvalue weighted by atomic mass is 16.7. The maximum Gasteiger partial charge on any atom is 0.344 e. The molecule has 4 saturated carbocycles. The van der Waals surface area contributed by atoms with Gasteiger partial charge in [0, 0.05) is 5.41 Å². The van der Waals surface area contributed by atoms with Gasteiger partial charge in [-0.1, -0.05) is 109 Å². The van der Waals surface area contributed by atoms with Gasteiger partial charge in [-0.05, 0) is 126 Å². The highest BCUT2D eigenvalue weighted by Gasteiger charge is 2.84. The Balaban J connectivity index is 0.760. The summed E-state index contributed by atoms with van der Waals surface area (Å²) >= 11 is 0. The lowest BCUT2D eigenvalue weighted by atomic mass is 9.29. The van der Waals surface area contributed by atoms with Gasteiger partial charge >= 0.3 is 11.9 Å². The van der Waals surface area contributed by atoms with E-state index in [0.29, 0.717) is 52.8 Å². The molecule has 0 aromatic heterocycles. The number of ether oxygens (including phenoxy) is 6. The minimum absolute atomic E-state index is 0.147. The first kappa shape index (κ1) is 38.0. The van der Waals surface area contributed by atoms with Crippen LogP contribution in [-0.2, 0) is 43.0 Å². The first-order valence-corrected chi connectivity index (χ1v) is 20.8. The summed E-state index contributed by atoms with van der Waals surface area (Å²) in [4.78, 5) is 26.0. The van der Waals surface area contributed by atoms with Gasteiger partial charge in [0.15, 0.2) is 13.6 Å². The topological polar surface area (TPSA) is 89.5 Å². The fourth-order valence-corrected chi connectivity index (χ4v) is 11.3. The largest absolute Gasteiger partial charge is 0.456 e. The first-order chi connectivity index (χ1) is 29.4. The minimum atomic E-state index is -0.494. The molecule has 4 fully saturated rings. The molecule has 10 rings (SSSR count). The third kappa shape index (κ3) is 6.74. The van der Waals surface area contributed by atoms with Crippen LogP contribution in [-0.4, -0.2) is 25.5 Å². The zero-order valence-electron chi connectivity index (χ0n) is 33.3. The van der Waals surface area contributed by atoms with Gasteiger partial charge in [-0.15, -0.1) is 0 Å². The van der Waals surface area contributed by atoms with Gasteiger partial charge < -0.3 is 28.4 Å². The van der Waals surface area contributed by atoms with E-state index < -0.39 is 11.9 Å². The van der Waals surface area contributed by atoms with Crippen LogP contribution in [0.4, 0.5) is 0 Å². The van der Waals surface area contributed by atoms with Crippen molar-refractivity contribution in [3.05, 3.63) is 191 Å². The second-order valence-electron chi connectivity index (χ2n) is 16.8. The Bertz CT molecular complexity index is 2320. The Hall–Kier alpha value is -6.22. The number of esters is 2. The molecule has 0 radical (unpaired) electrons. The van der Waals surface area contributed by atoms with E-state index in [4.69, 9.17) is 28.4 Å². The number of hydrogen-bond acceptors (Lipinski definition) is 8. The molecule has 8 nitrogen and oxygen atoms in total. The molecule has 1 spiro atoms. The second kappa shape index (κ2) is 15.8. The average molecular weight is 799 g/mol. The van der Waals surface area contributed by atoms with Crippen molar-refractivity contribution in [2.24, 2.45) is 17.3 Å². The predicted molar refractivity (Wildman–Crippen MR) is 225 cm³/mol. The summed E-state index contributed by atoms with van der Waals surface area (Å²) in [6.07, 6.45) is 6.09. The van der Waals surface area contributed by atoms with Crippen molar-refractivity contribution < 1.29 is 38.0 Å². The molecule has 4 aliphatic rings. The van der Waals surface area contributed by atoms with Crippen LogP contribution in [0.25, 0.3) is 0 Å². The summed E-state index contributed by atoms with van der Waals surface area (Å²) in [5.41, 5.74) is 6.21. The summed E-state index contributed by atoms with van der Waals surface area (Å²) < 4.78 is 34.5. The van der Waals surface area contributed by atoms with E-state index in [0.717, 1.165) is 23.0 Å². The summed E-state index contributed by atoms with van der Waals surface area (Å²) in [7, 11) is 0. The molecule has 60 heavy (non-hydrogen) atoms. The van der Waals surface area contributed by atoms with Crippen molar-refractivity contribution in [3.63, 3.8) is 0 Å². The average Bonchev–Trinajstić information content (AvgIpc) is 3.78. The van der Waals surface area contributed by atoms with Gasteiger partial charge in [-0.3, -0.25) is 0 Å². The van der Waals surface area contributed by atoms with E-state index in [1.807, 2.05) is 97.1 Å². The molecule has 6 aromatic rings. The fraction of sp³-hybridized carbons (Fsp3) is 0.269. The van der Waals surface area contributed by atoms with Gasteiger partial charge in [0.1, 0.15) is 34.1 Å². The van der Waals surface area contributed by atoms with Gasteiger partial charge in [0.2, 0.25) is 0 Å². The van der Waals surface area contributed by atoms with Crippen LogP contribution >= 0.6 is 0 Å². The van der Waals surface area contributed by atoms with Crippen LogP contribution in [0.2, 0.25) is 0 Å². The third-order valence-corrected chi connectivity index (χ3v) is 13.8. The molecule has 0 saturated heterocycles. The number of carbonyl (C=O) groups excluding carboxylic acids is 2. The molecule has 0 N–H and O–H groups in total. The standard InChI is InChI=1S/C52H46O8/c53-48(57-34-55-31-36-11-3-1-4-12-36)44-15-7-9-17-46(44)59-42-23-19-38(20-24-42)50-27-40-29-51(30-41(28-50)52(40,51)33-50)39-21-25-43(26-22-39)60-47-18-10-8-16-45(47)49(54)58-35-56-32-37-13-5-2-6-14-37/h1-26,40-41H,27-35H2. The molecule has 0 heterocycles. The number of hydrogen-bond donors (Lipinski definition) is 0. The van der Waals surface area contributed by atoms with E-state index in [1.54, 1.807) is 36.4 Å². The number of benzene rings is 6. The van der Waals surface area contributed by atoms with Crippen LogP contribution in [0.1, 0.15) is 75.1 Å². The van der Waals surface area contributed by atoms with Gasteiger partial charge in [-0.25, -0.2) is 9.59 Å². The van der Waals surface area contributed by atoms with E-state index >= 15 is 0 Å². The monoisotopic (exact) mass is 798 g/mol. The lowest BCUT2D eigenvalue weighted by molar-refractivity contribution is -0.206. The predicted octanol–water partition coefficient (Wildman–Crippen LogP) is 11.3. The van der Waals surface area contributed by atoms with Crippen LogP contribution < -0.4 is 9.47 Å². The van der Waals surface area contributed by atoms with Gasteiger partial charge in [-0.2, -0.15) is 0 Å². The van der Waals surface area contributed by atoms with E-state index in [-0.39, 0.29) is 24.4 Å². The number of rotatable bonds is 16. The van der Waals surface area contributed by atoms with Crippen molar-refractivity contribution in [2.75, 3.05) is 13.6 Å². The maximum absolute atomic E-state index is 13.0. The first-order valence-electron chi connectivity index (χ1n) is 20.8. The Kier molecular flexibility index (Phi) is 9.98. The highest BCUT2D eigenvalue weighted by Crippen LogP contribution is 2.89. The van der Waals surface area contributed by atoms with Crippen LogP contribution in [0, 0.1) is 17.3 Å². The third-order valence-electron chi connectivity index (χ3n) is 13.8. The molecule has 2 bridgehead atoms. The molecule has 0 aliphatic heterocycles. The maximum atomic E-state index is 13.0. The number of para-hydroxylation sites is 2. The van der Waals surface area contributed by atoms with Crippen molar-refractivity contribution in [1.82, 2.24) is 0 Å². The van der Waals surface area contributed by atoms with Crippen LogP contribution in [0.5, 0.6) is 23.0 Å². The van der Waals surface area contributed by atoms with Crippen molar-refractivity contribution in [3.8, 4) is 23.0 Å². The lowest BCUT2D eigenvalue weighted by Gasteiger charge is -2.75. The van der Waals surface area contributed by atoms with Gasteiger partial charge in [0.25, 0.3) is 0 Å². The van der Waals surface area contributed by atoms with E-state index in [2.05, 4.69) is 24.3 Å². The summed E-state index contributed by atoms with van der Waals surface area (Å²) in [5, 5.41) is 0. The number of carbonyl (C=O) groups is 2. The molecule has 302 valence electrons. The van der Waals surface area contributed by atoms with E-state index in [1.165, 1.54) is 43.2 Å².